The Morgan fingerprint density at radius 3 is 2.84 bits per heavy atom. The van der Waals surface area contributed by atoms with Crippen molar-refractivity contribution in [1.82, 2.24) is 24.6 Å². The quantitative estimate of drug-likeness (QED) is 0.873. The van der Waals surface area contributed by atoms with Gasteiger partial charge < -0.3 is 9.47 Å². The Bertz CT molecular complexity index is 805. The van der Waals surface area contributed by atoms with Crippen molar-refractivity contribution in [1.29, 1.82) is 0 Å². The van der Waals surface area contributed by atoms with Gasteiger partial charge in [0.15, 0.2) is 0 Å². The smallest absolute Gasteiger partial charge is 0.317 e. The van der Waals surface area contributed by atoms with E-state index in [4.69, 9.17) is 0 Å². The Labute approximate surface area is 146 Å². The number of carbonyl (C=O) groups excluding carboxylic acids is 1. The summed E-state index contributed by atoms with van der Waals surface area (Å²) in [5, 5.41) is 9.97. The fraction of sp³-hybridized carbons (Fsp3) is 0.529. The van der Waals surface area contributed by atoms with E-state index in [1.807, 2.05) is 18.7 Å². The summed E-state index contributed by atoms with van der Waals surface area (Å²) >= 11 is 0. The Balaban J connectivity index is 1.90. The number of H-pyrrole nitrogens is 1. The van der Waals surface area contributed by atoms with Crippen molar-refractivity contribution >= 4 is 11.8 Å². The van der Waals surface area contributed by atoms with E-state index in [0.717, 1.165) is 42.6 Å². The molecule has 2 aromatic rings. The molecule has 8 nitrogen and oxygen atoms in total. The zero-order chi connectivity index (χ0) is 18.0. The summed E-state index contributed by atoms with van der Waals surface area (Å²) < 4.78 is 1.40. The molecule has 1 saturated heterocycles. The van der Waals surface area contributed by atoms with Crippen molar-refractivity contribution in [3.05, 3.63) is 39.7 Å². The van der Waals surface area contributed by atoms with Crippen molar-refractivity contribution in [3.63, 3.8) is 0 Å². The van der Waals surface area contributed by atoms with Gasteiger partial charge in [-0.2, -0.15) is 5.10 Å². The molecule has 0 aromatic carbocycles. The van der Waals surface area contributed by atoms with Crippen molar-refractivity contribution in [2.45, 2.75) is 45.6 Å². The molecule has 25 heavy (non-hydrogen) atoms. The fourth-order valence-electron chi connectivity index (χ4n) is 3.46. The molecule has 0 unspecified atom stereocenters. The minimum Gasteiger partial charge on any atom is -0.317 e. The molecule has 0 saturated carbocycles. The molecule has 1 atom stereocenters. The fourth-order valence-corrected chi connectivity index (χ4v) is 3.46. The van der Waals surface area contributed by atoms with Crippen LogP contribution in [0, 0.1) is 13.8 Å². The summed E-state index contributed by atoms with van der Waals surface area (Å²) in [5.74, 6) is 0.0543. The maximum absolute atomic E-state index is 12.9. The molecule has 3 heterocycles. The third-order valence-electron chi connectivity index (χ3n) is 4.77. The van der Waals surface area contributed by atoms with Gasteiger partial charge in [-0.1, -0.05) is 12.8 Å². The second-order valence-corrected chi connectivity index (χ2v) is 6.53. The third kappa shape index (κ3) is 3.42. The van der Waals surface area contributed by atoms with E-state index in [2.05, 4.69) is 20.5 Å². The predicted molar refractivity (Wildman–Crippen MR) is 94.5 cm³/mol. The van der Waals surface area contributed by atoms with Gasteiger partial charge in [-0.15, -0.1) is 0 Å². The Morgan fingerprint density at radius 2 is 2.12 bits per heavy atom. The summed E-state index contributed by atoms with van der Waals surface area (Å²) in [6.45, 7) is 4.58. The molecular weight excluding hydrogens is 320 g/mol. The van der Waals surface area contributed by atoms with Crippen LogP contribution in [0.5, 0.6) is 0 Å². The molecule has 3 rings (SSSR count). The van der Waals surface area contributed by atoms with E-state index in [0.29, 0.717) is 6.54 Å². The monoisotopic (exact) mass is 344 g/mol. The van der Waals surface area contributed by atoms with Gasteiger partial charge in [0.05, 0.1) is 11.7 Å². The first-order valence-corrected chi connectivity index (χ1v) is 8.59. The van der Waals surface area contributed by atoms with Crippen LogP contribution < -0.4 is 10.9 Å². The van der Waals surface area contributed by atoms with E-state index in [-0.39, 0.29) is 23.5 Å². The number of aromatic nitrogens is 4. The minimum absolute atomic E-state index is 0.0474. The van der Waals surface area contributed by atoms with Gasteiger partial charge in [0.2, 0.25) is 5.82 Å². The molecule has 134 valence electrons. The van der Waals surface area contributed by atoms with Gasteiger partial charge in [0, 0.05) is 37.2 Å². The van der Waals surface area contributed by atoms with Crippen LogP contribution in [0.2, 0.25) is 0 Å². The number of amides is 2. The summed E-state index contributed by atoms with van der Waals surface area (Å²) in [6.07, 6.45) is 7.03. The van der Waals surface area contributed by atoms with Crippen LogP contribution in [0.15, 0.2) is 17.2 Å². The number of rotatable bonds is 2. The van der Waals surface area contributed by atoms with Gasteiger partial charge in [-0.3, -0.25) is 15.2 Å². The number of nitrogens with one attached hydrogen (secondary N) is 2. The summed E-state index contributed by atoms with van der Waals surface area (Å²) in [4.78, 5) is 30.9. The Hall–Kier alpha value is -2.64. The van der Waals surface area contributed by atoms with Crippen LogP contribution in [-0.2, 0) is 7.05 Å². The van der Waals surface area contributed by atoms with E-state index in [1.165, 1.54) is 10.8 Å². The number of carbonyl (C=O) groups is 1. The molecule has 1 aliphatic rings. The number of aromatic amines is 1. The molecule has 2 amide bonds. The number of nitrogens with zero attached hydrogens (tertiary/aromatic N) is 4. The van der Waals surface area contributed by atoms with Crippen molar-refractivity contribution in [2.24, 2.45) is 7.05 Å². The van der Waals surface area contributed by atoms with Crippen molar-refractivity contribution in [2.75, 3.05) is 11.9 Å². The van der Waals surface area contributed by atoms with Crippen LogP contribution in [0.25, 0.3) is 0 Å². The molecule has 0 aliphatic carbocycles. The first-order valence-electron chi connectivity index (χ1n) is 8.59. The van der Waals surface area contributed by atoms with Crippen LogP contribution in [-0.4, -0.2) is 37.2 Å². The minimum atomic E-state index is -0.321. The van der Waals surface area contributed by atoms with E-state index >= 15 is 0 Å². The van der Waals surface area contributed by atoms with Gasteiger partial charge in [-0.25, -0.2) is 9.78 Å². The third-order valence-corrected chi connectivity index (χ3v) is 4.77. The molecule has 0 spiro atoms. The zero-order valence-corrected chi connectivity index (χ0v) is 14.9. The summed E-state index contributed by atoms with van der Waals surface area (Å²) in [7, 11) is 1.63. The number of hydrogen-bond donors (Lipinski definition) is 2. The average Bonchev–Trinajstić information content (AvgIpc) is 2.78. The first kappa shape index (κ1) is 17.2. The Morgan fingerprint density at radius 1 is 1.32 bits per heavy atom. The lowest BCUT2D eigenvalue weighted by Crippen LogP contribution is -2.40. The number of likely N-dealkylation sites (tertiary alicyclic amines) is 1. The average molecular weight is 344 g/mol. The van der Waals surface area contributed by atoms with Crippen LogP contribution in [0.3, 0.4) is 0 Å². The maximum Gasteiger partial charge on any atom is 0.323 e. The van der Waals surface area contributed by atoms with Crippen LogP contribution in [0.1, 0.15) is 48.7 Å². The molecule has 0 radical (unpaired) electrons. The highest BCUT2D eigenvalue weighted by molar-refractivity contribution is 5.88. The van der Waals surface area contributed by atoms with Gasteiger partial charge >= 0.3 is 6.03 Å². The normalized spacial score (nSPS) is 18.0. The maximum atomic E-state index is 12.9. The highest BCUT2D eigenvalue weighted by Crippen LogP contribution is 2.33. The van der Waals surface area contributed by atoms with E-state index in [9.17, 15) is 9.59 Å². The number of hydrogen-bond acceptors (Lipinski definition) is 4. The second-order valence-electron chi connectivity index (χ2n) is 6.53. The largest absolute Gasteiger partial charge is 0.323 e. The molecular formula is C17H24N6O2. The molecule has 0 bridgehead atoms. The number of anilines is 1. The van der Waals surface area contributed by atoms with Gasteiger partial charge in [0.25, 0.3) is 5.56 Å². The number of urea groups is 1. The summed E-state index contributed by atoms with van der Waals surface area (Å²) in [5.41, 5.74) is 2.65. The molecule has 2 N–H and O–H groups in total. The van der Waals surface area contributed by atoms with Gasteiger partial charge in [-0.05, 0) is 26.7 Å². The lowest BCUT2D eigenvalue weighted by atomic mass is 9.99. The van der Waals surface area contributed by atoms with Crippen molar-refractivity contribution < 1.29 is 4.79 Å². The van der Waals surface area contributed by atoms with Crippen molar-refractivity contribution in [3.8, 4) is 0 Å². The first-order chi connectivity index (χ1) is 12.0. The molecule has 2 aromatic heterocycles. The molecule has 1 aliphatic heterocycles. The Kier molecular flexibility index (Phi) is 4.87. The highest BCUT2D eigenvalue weighted by Gasteiger charge is 2.30. The predicted octanol–water partition coefficient (Wildman–Crippen LogP) is 2.27. The SMILES string of the molecule is Cc1n[nH]c(C)c1[C@@H]1CCCCCN1C(=O)Nc1nccn(C)c1=O. The highest BCUT2D eigenvalue weighted by atomic mass is 16.2. The van der Waals surface area contributed by atoms with Gasteiger partial charge in [0.1, 0.15) is 0 Å². The molecule has 8 heteroatoms. The van der Waals surface area contributed by atoms with Crippen LogP contribution >= 0.6 is 0 Å². The summed E-state index contributed by atoms with van der Waals surface area (Å²) in [6, 6.07) is -0.337. The lowest BCUT2D eigenvalue weighted by Gasteiger charge is -2.30. The van der Waals surface area contributed by atoms with E-state index < -0.39 is 0 Å². The second kappa shape index (κ2) is 7.08. The zero-order valence-electron chi connectivity index (χ0n) is 14.9. The number of aryl methyl sites for hydroxylation is 3. The van der Waals surface area contributed by atoms with E-state index in [1.54, 1.807) is 13.2 Å². The standard InChI is InChI=1S/C17H24N6O2/c1-11-14(12(2)21-20-11)13-7-5-4-6-9-23(13)17(25)19-15-16(24)22(3)10-8-18-15/h8,10,13H,4-7,9H2,1-3H3,(H,20,21)(H,18,19,25)/t13-/m0/s1. The lowest BCUT2D eigenvalue weighted by molar-refractivity contribution is 0.189. The topological polar surface area (TPSA) is 95.9 Å². The van der Waals surface area contributed by atoms with Crippen LogP contribution in [0.4, 0.5) is 10.6 Å². The molecule has 1 fully saturated rings.